The van der Waals surface area contributed by atoms with Gasteiger partial charge in [0.25, 0.3) is 5.91 Å². The third-order valence-electron chi connectivity index (χ3n) is 3.36. The number of fused-ring (bicyclic) bond motifs is 1. The summed E-state index contributed by atoms with van der Waals surface area (Å²) in [6, 6.07) is 11.3. The normalized spacial score (nSPS) is 12.0. The highest BCUT2D eigenvalue weighted by Gasteiger charge is 2.10. The lowest BCUT2D eigenvalue weighted by molar-refractivity contribution is 0.0998. The molecule has 0 atom stereocenters. The number of carbonyl (C=O) groups is 1. The van der Waals surface area contributed by atoms with Crippen molar-refractivity contribution in [2.45, 2.75) is 19.9 Å². The minimum atomic E-state index is -0.357. The predicted molar refractivity (Wildman–Crippen MR) is 91.4 cm³/mol. The van der Waals surface area contributed by atoms with E-state index in [2.05, 4.69) is 4.99 Å². The molecule has 118 valence electrons. The maximum absolute atomic E-state index is 13.4. The average molecular weight is 349 g/mol. The van der Waals surface area contributed by atoms with Crippen molar-refractivity contribution in [3.8, 4) is 0 Å². The quantitative estimate of drug-likeness (QED) is 0.678. The van der Waals surface area contributed by atoms with Crippen molar-refractivity contribution in [2.24, 2.45) is 4.99 Å². The van der Waals surface area contributed by atoms with Crippen molar-refractivity contribution in [1.29, 1.82) is 0 Å². The highest BCUT2D eigenvalue weighted by molar-refractivity contribution is 7.16. The van der Waals surface area contributed by atoms with Gasteiger partial charge < -0.3 is 4.57 Å². The van der Waals surface area contributed by atoms with E-state index < -0.39 is 0 Å². The number of benzene rings is 2. The summed E-state index contributed by atoms with van der Waals surface area (Å²) in [5.74, 6) is -0.653. The molecule has 6 heteroatoms. The molecule has 3 nitrogen and oxygen atoms in total. The second-order valence-electron chi connectivity index (χ2n) is 5.08. The minimum Gasteiger partial charge on any atom is -0.316 e. The van der Waals surface area contributed by atoms with E-state index >= 15 is 0 Å². The lowest BCUT2D eigenvalue weighted by Crippen LogP contribution is -2.16. The van der Waals surface area contributed by atoms with Crippen LogP contribution in [0.3, 0.4) is 0 Å². The van der Waals surface area contributed by atoms with Crippen LogP contribution < -0.4 is 4.80 Å². The monoisotopic (exact) mass is 348 g/mol. The van der Waals surface area contributed by atoms with Crippen LogP contribution in [0.5, 0.6) is 0 Å². The molecule has 0 fully saturated rings. The van der Waals surface area contributed by atoms with Gasteiger partial charge in [0.15, 0.2) is 4.80 Å². The zero-order chi connectivity index (χ0) is 16.4. The van der Waals surface area contributed by atoms with E-state index in [1.165, 1.54) is 23.5 Å². The summed E-state index contributed by atoms with van der Waals surface area (Å²) < 4.78 is 16.1. The fourth-order valence-corrected chi connectivity index (χ4v) is 3.61. The van der Waals surface area contributed by atoms with Crippen LogP contribution in [0.1, 0.15) is 23.7 Å². The second kappa shape index (κ2) is 6.64. The van der Waals surface area contributed by atoms with Crippen LogP contribution in [0.15, 0.2) is 47.5 Å². The summed E-state index contributed by atoms with van der Waals surface area (Å²) in [6.45, 7) is 2.76. The van der Waals surface area contributed by atoms with Gasteiger partial charge in [0.2, 0.25) is 0 Å². The van der Waals surface area contributed by atoms with E-state index in [-0.39, 0.29) is 11.7 Å². The third kappa shape index (κ3) is 3.35. The van der Waals surface area contributed by atoms with Gasteiger partial charge in [0, 0.05) is 17.1 Å². The van der Waals surface area contributed by atoms with Gasteiger partial charge in [-0.3, -0.25) is 4.79 Å². The maximum Gasteiger partial charge on any atom is 0.279 e. The molecule has 0 bridgehead atoms. The summed E-state index contributed by atoms with van der Waals surface area (Å²) in [5, 5.41) is 0.492. The Bertz CT molecular complexity index is 945. The van der Waals surface area contributed by atoms with Crippen molar-refractivity contribution in [1.82, 2.24) is 4.57 Å². The number of aryl methyl sites for hydroxylation is 1. The molecule has 23 heavy (non-hydrogen) atoms. The zero-order valence-corrected chi connectivity index (χ0v) is 14.0. The van der Waals surface area contributed by atoms with Gasteiger partial charge >= 0.3 is 0 Å². The molecule has 0 spiro atoms. The largest absolute Gasteiger partial charge is 0.316 e. The van der Waals surface area contributed by atoms with Crippen molar-refractivity contribution in [2.75, 3.05) is 0 Å². The lowest BCUT2D eigenvalue weighted by atomic mass is 10.2. The van der Waals surface area contributed by atoms with Crippen LogP contribution in [0.2, 0.25) is 5.02 Å². The molecule has 3 aromatic rings. The Morgan fingerprint density at radius 2 is 2.13 bits per heavy atom. The number of rotatable bonds is 3. The van der Waals surface area contributed by atoms with Crippen molar-refractivity contribution in [3.05, 3.63) is 63.7 Å². The Morgan fingerprint density at radius 1 is 1.30 bits per heavy atom. The standard InChI is InChI=1S/C17H14ClFN2OS/c1-2-8-21-14-7-6-13(19)10-15(14)23-17(21)20-16(22)11-4-3-5-12(18)9-11/h3-7,9-10H,2,8H2,1H3. The molecule has 3 rings (SSSR count). The topological polar surface area (TPSA) is 34.4 Å². The predicted octanol–water partition coefficient (Wildman–Crippen LogP) is 4.65. The number of nitrogens with zero attached hydrogens (tertiary/aromatic N) is 2. The third-order valence-corrected chi connectivity index (χ3v) is 4.64. The smallest absolute Gasteiger partial charge is 0.279 e. The molecule has 0 unspecified atom stereocenters. The minimum absolute atomic E-state index is 0.296. The number of halogens is 2. The van der Waals surface area contributed by atoms with Crippen molar-refractivity contribution in [3.63, 3.8) is 0 Å². The number of carbonyl (C=O) groups excluding carboxylic acids is 1. The molecule has 0 radical (unpaired) electrons. The van der Waals surface area contributed by atoms with Crippen LogP contribution >= 0.6 is 22.9 Å². The molecule has 0 aliphatic carbocycles. The van der Waals surface area contributed by atoms with E-state index in [9.17, 15) is 9.18 Å². The van der Waals surface area contributed by atoms with Gasteiger partial charge in [-0.2, -0.15) is 4.99 Å². The van der Waals surface area contributed by atoms with Gasteiger partial charge in [-0.1, -0.05) is 35.9 Å². The van der Waals surface area contributed by atoms with E-state index in [1.807, 2.05) is 11.5 Å². The SMILES string of the molecule is CCCn1c(=NC(=O)c2cccc(Cl)c2)sc2cc(F)ccc21. The number of thiazole rings is 1. The zero-order valence-electron chi connectivity index (χ0n) is 12.4. The molecule has 2 aromatic carbocycles. The van der Waals surface area contributed by atoms with Gasteiger partial charge in [-0.15, -0.1) is 0 Å². The summed E-state index contributed by atoms with van der Waals surface area (Å²) in [5.41, 5.74) is 1.32. The van der Waals surface area contributed by atoms with E-state index in [4.69, 9.17) is 11.6 Å². The first-order chi connectivity index (χ1) is 11.1. The molecule has 0 saturated heterocycles. The van der Waals surface area contributed by atoms with E-state index in [0.717, 1.165) is 16.6 Å². The number of hydrogen-bond acceptors (Lipinski definition) is 2. The first kappa shape index (κ1) is 15.9. The van der Waals surface area contributed by atoms with Crippen molar-refractivity contribution >= 4 is 39.1 Å². The molecule has 0 N–H and O–H groups in total. The van der Waals surface area contributed by atoms with Crippen LogP contribution in [-0.2, 0) is 6.54 Å². The first-order valence-corrected chi connectivity index (χ1v) is 8.41. The Kier molecular flexibility index (Phi) is 4.59. The van der Waals surface area contributed by atoms with Crippen LogP contribution in [0, 0.1) is 5.82 Å². The van der Waals surface area contributed by atoms with Crippen LogP contribution in [0.25, 0.3) is 10.2 Å². The summed E-state index contributed by atoms with van der Waals surface area (Å²) in [6.07, 6.45) is 0.891. The average Bonchev–Trinajstić information content (AvgIpc) is 2.84. The Labute approximate surface area is 141 Å². The van der Waals surface area contributed by atoms with Crippen LogP contribution in [-0.4, -0.2) is 10.5 Å². The first-order valence-electron chi connectivity index (χ1n) is 7.22. The molecular formula is C17H14ClFN2OS. The molecule has 1 amide bonds. The van der Waals surface area contributed by atoms with E-state index in [1.54, 1.807) is 30.3 Å². The highest BCUT2D eigenvalue weighted by atomic mass is 35.5. The summed E-state index contributed by atoms with van der Waals surface area (Å²) in [4.78, 5) is 17.1. The Morgan fingerprint density at radius 3 is 2.87 bits per heavy atom. The Hall–Kier alpha value is -1.98. The van der Waals surface area contributed by atoms with Gasteiger partial charge in [0.05, 0.1) is 10.2 Å². The van der Waals surface area contributed by atoms with Crippen molar-refractivity contribution < 1.29 is 9.18 Å². The van der Waals surface area contributed by atoms with Crippen LogP contribution in [0.4, 0.5) is 4.39 Å². The maximum atomic E-state index is 13.4. The number of amides is 1. The van der Waals surface area contributed by atoms with E-state index in [0.29, 0.717) is 21.9 Å². The van der Waals surface area contributed by atoms with Gasteiger partial charge in [-0.25, -0.2) is 4.39 Å². The fraction of sp³-hybridized carbons (Fsp3) is 0.176. The summed E-state index contributed by atoms with van der Waals surface area (Å²) >= 11 is 7.22. The molecule has 0 aliphatic rings. The molecule has 1 aromatic heterocycles. The van der Waals surface area contributed by atoms with Gasteiger partial charge in [0.1, 0.15) is 5.82 Å². The Balaban J connectivity index is 2.14. The molecule has 0 saturated carbocycles. The number of aromatic nitrogens is 1. The van der Waals surface area contributed by atoms with Gasteiger partial charge in [-0.05, 0) is 42.8 Å². The molecular weight excluding hydrogens is 335 g/mol. The summed E-state index contributed by atoms with van der Waals surface area (Å²) in [7, 11) is 0. The number of hydrogen-bond donors (Lipinski definition) is 0. The fourth-order valence-electron chi connectivity index (χ4n) is 2.34. The molecule has 1 heterocycles. The highest BCUT2D eigenvalue weighted by Crippen LogP contribution is 2.19. The lowest BCUT2D eigenvalue weighted by Gasteiger charge is -2.02. The molecule has 0 aliphatic heterocycles. The second-order valence-corrected chi connectivity index (χ2v) is 6.52.